The fraction of sp³-hybridized carbons (Fsp3) is 0.238. The zero-order valence-corrected chi connectivity index (χ0v) is 15.2. The van der Waals surface area contributed by atoms with Crippen LogP contribution in [0.5, 0.6) is 5.75 Å². The van der Waals surface area contributed by atoms with Gasteiger partial charge in [-0.15, -0.1) is 0 Å². The van der Waals surface area contributed by atoms with Crippen LogP contribution in [-0.2, 0) is 19.7 Å². The van der Waals surface area contributed by atoms with E-state index in [1.807, 2.05) is 55.5 Å². The third-order valence-electron chi connectivity index (χ3n) is 4.00. The minimum Gasteiger partial charge on any atom is -0.489 e. The highest BCUT2D eigenvalue weighted by Gasteiger charge is 2.00. The van der Waals surface area contributed by atoms with Crippen LogP contribution in [0.2, 0.25) is 0 Å². The van der Waals surface area contributed by atoms with Crippen LogP contribution < -0.4 is 15.0 Å². The molecule has 0 bridgehead atoms. The highest BCUT2D eigenvalue weighted by molar-refractivity contribution is 5.37. The first-order valence-corrected chi connectivity index (χ1v) is 8.64. The molecule has 1 N–H and O–H groups in total. The zero-order valence-electron chi connectivity index (χ0n) is 15.2. The second-order valence-electron chi connectivity index (χ2n) is 6.31. The first-order valence-electron chi connectivity index (χ1n) is 8.64. The number of nitrogens with zero attached hydrogens (tertiary/aromatic N) is 3. The molecule has 134 valence electrons. The number of hydrogen-bond acceptors (Lipinski definition) is 5. The molecule has 0 aliphatic rings. The summed E-state index contributed by atoms with van der Waals surface area (Å²) in [5, 5.41) is 3.44. The monoisotopic (exact) mass is 348 g/mol. The second-order valence-corrected chi connectivity index (χ2v) is 6.31. The van der Waals surface area contributed by atoms with Gasteiger partial charge < -0.3 is 15.0 Å². The third-order valence-corrected chi connectivity index (χ3v) is 4.00. The van der Waals surface area contributed by atoms with E-state index >= 15 is 0 Å². The van der Waals surface area contributed by atoms with Crippen LogP contribution in [0.3, 0.4) is 0 Å². The van der Waals surface area contributed by atoms with Crippen molar-refractivity contribution in [1.29, 1.82) is 0 Å². The molecule has 0 aliphatic heterocycles. The molecule has 2 heterocycles. The molecule has 26 heavy (non-hydrogen) atoms. The Morgan fingerprint density at radius 3 is 2.19 bits per heavy atom. The molecule has 3 rings (SSSR count). The van der Waals surface area contributed by atoms with Crippen LogP contribution in [-0.4, -0.2) is 24.1 Å². The van der Waals surface area contributed by atoms with Crippen molar-refractivity contribution in [3.63, 3.8) is 0 Å². The van der Waals surface area contributed by atoms with E-state index in [9.17, 15) is 0 Å². The van der Waals surface area contributed by atoms with Gasteiger partial charge >= 0.3 is 0 Å². The van der Waals surface area contributed by atoms with Crippen molar-refractivity contribution in [3.05, 3.63) is 83.8 Å². The molecule has 0 atom stereocenters. The highest BCUT2D eigenvalue weighted by atomic mass is 16.5. The first kappa shape index (κ1) is 17.9. The number of nitrogens with one attached hydrogen (secondary N) is 1. The van der Waals surface area contributed by atoms with Crippen molar-refractivity contribution >= 4 is 5.82 Å². The molecule has 0 saturated carbocycles. The van der Waals surface area contributed by atoms with E-state index in [0.717, 1.165) is 30.2 Å². The summed E-state index contributed by atoms with van der Waals surface area (Å²) in [6.07, 6.45) is 5.46. The Bertz CT molecular complexity index is 787. The van der Waals surface area contributed by atoms with Crippen LogP contribution in [0.25, 0.3) is 0 Å². The molecule has 0 fully saturated rings. The Morgan fingerprint density at radius 1 is 0.846 bits per heavy atom. The van der Waals surface area contributed by atoms with Crippen molar-refractivity contribution < 1.29 is 4.74 Å². The molecule has 3 aromatic rings. The van der Waals surface area contributed by atoms with Crippen molar-refractivity contribution in [2.45, 2.75) is 19.7 Å². The van der Waals surface area contributed by atoms with Crippen LogP contribution in [0.4, 0.5) is 5.82 Å². The quantitative estimate of drug-likeness (QED) is 0.676. The van der Waals surface area contributed by atoms with Gasteiger partial charge in [-0.1, -0.05) is 18.2 Å². The topological polar surface area (TPSA) is 50.3 Å². The van der Waals surface area contributed by atoms with Crippen LogP contribution in [0, 0.1) is 0 Å². The van der Waals surface area contributed by atoms with E-state index in [4.69, 9.17) is 4.74 Å². The lowest BCUT2D eigenvalue weighted by molar-refractivity contribution is 0.306. The van der Waals surface area contributed by atoms with E-state index < -0.39 is 0 Å². The van der Waals surface area contributed by atoms with Crippen molar-refractivity contribution in [3.8, 4) is 5.75 Å². The van der Waals surface area contributed by atoms with Gasteiger partial charge in [0.05, 0.1) is 0 Å². The Morgan fingerprint density at radius 2 is 1.54 bits per heavy atom. The Hall–Kier alpha value is -2.92. The van der Waals surface area contributed by atoms with Gasteiger partial charge in [0.2, 0.25) is 0 Å². The summed E-state index contributed by atoms with van der Waals surface area (Å²) >= 11 is 0. The lowest BCUT2D eigenvalue weighted by Crippen LogP contribution is -2.14. The van der Waals surface area contributed by atoms with Crippen molar-refractivity contribution in [1.82, 2.24) is 15.3 Å². The number of aromatic nitrogens is 2. The van der Waals surface area contributed by atoms with Gasteiger partial charge in [-0.25, -0.2) is 4.98 Å². The number of ether oxygens (including phenoxy) is 1. The molecule has 0 saturated heterocycles. The molecule has 0 unspecified atom stereocenters. The van der Waals surface area contributed by atoms with Crippen LogP contribution in [0.15, 0.2) is 67.1 Å². The predicted molar refractivity (Wildman–Crippen MR) is 104 cm³/mol. The maximum absolute atomic E-state index is 5.79. The summed E-state index contributed by atoms with van der Waals surface area (Å²) in [7, 11) is 3.98. The Kier molecular flexibility index (Phi) is 6.17. The standard InChI is InChI=1S/C21H24N4O/c1-25(2)21-8-5-19(15-24-21)14-23-13-17-3-6-20(7-4-17)26-16-18-9-11-22-12-10-18/h3-12,15,23H,13-14,16H2,1-2H3. The number of rotatable bonds is 8. The van der Waals surface area contributed by atoms with E-state index in [1.54, 1.807) is 12.4 Å². The van der Waals surface area contributed by atoms with Gasteiger partial charge in [0.15, 0.2) is 0 Å². The summed E-state index contributed by atoms with van der Waals surface area (Å²) < 4.78 is 5.79. The number of pyridine rings is 2. The van der Waals surface area contributed by atoms with Crippen molar-refractivity contribution in [2.75, 3.05) is 19.0 Å². The largest absolute Gasteiger partial charge is 0.489 e. The molecule has 2 aromatic heterocycles. The average molecular weight is 348 g/mol. The number of anilines is 1. The normalized spacial score (nSPS) is 10.5. The first-order chi connectivity index (χ1) is 12.7. The molecule has 0 spiro atoms. The molecule has 5 nitrogen and oxygen atoms in total. The number of hydrogen-bond donors (Lipinski definition) is 1. The summed E-state index contributed by atoms with van der Waals surface area (Å²) in [4.78, 5) is 10.4. The fourth-order valence-electron chi connectivity index (χ4n) is 2.49. The molecule has 0 amide bonds. The Labute approximate surface area is 154 Å². The van der Waals surface area contributed by atoms with Gasteiger partial charge in [-0.05, 0) is 47.0 Å². The lowest BCUT2D eigenvalue weighted by Gasteiger charge is -2.11. The minimum absolute atomic E-state index is 0.552. The number of benzene rings is 1. The molecule has 0 radical (unpaired) electrons. The molecular weight excluding hydrogens is 324 g/mol. The fourth-order valence-corrected chi connectivity index (χ4v) is 2.49. The van der Waals surface area contributed by atoms with Gasteiger partial charge in [-0.3, -0.25) is 4.98 Å². The van der Waals surface area contributed by atoms with Gasteiger partial charge in [0, 0.05) is 45.8 Å². The minimum atomic E-state index is 0.552. The van der Waals surface area contributed by atoms with E-state index in [-0.39, 0.29) is 0 Å². The maximum Gasteiger partial charge on any atom is 0.127 e. The molecule has 1 aromatic carbocycles. The van der Waals surface area contributed by atoms with Gasteiger partial charge in [0.25, 0.3) is 0 Å². The van der Waals surface area contributed by atoms with Crippen molar-refractivity contribution in [2.24, 2.45) is 0 Å². The average Bonchev–Trinajstić information content (AvgIpc) is 2.68. The SMILES string of the molecule is CN(C)c1ccc(CNCc2ccc(OCc3ccncc3)cc2)cn1. The lowest BCUT2D eigenvalue weighted by atomic mass is 10.2. The van der Waals surface area contributed by atoms with E-state index in [1.165, 1.54) is 11.1 Å². The third kappa shape index (κ3) is 5.29. The molecular formula is C21H24N4O. The predicted octanol–water partition coefficient (Wildman–Crippen LogP) is 3.41. The zero-order chi connectivity index (χ0) is 18.2. The summed E-state index contributed by atoms with van der Waals surface area (Å²) in [6, 6.07) is 16.2. The summed E-state index contributed by atoms with van der Waals surface area (Å²) in [5.74, 6) is 1.84. The smallest absolute Gasteiger partial charge is 0.127 e. The maximum atomic E-state index is 5.79. The summed E-state index contributed by atoms with van der Waals surface area (Å²) in [5.41, 5.74) is 3.51. The summed E-state index contributed by atoms with van der Waals surface area (Å²) in [6.45, 7) is 2.15. The molecule has 5 heteroatoms. The highest BCUT2D eigenvalue weighted by Crippen LogP contribution is 2.14. The van der Waals surface area contributed by atoms with E-state index in [2.05, 4.69) is 33.5 Å². The van der Waals surface area contributed by atoms with Crippen LogP contribution in [0.1, 0.15) is 16.7 Å². The second kappa shape index (κ2) is 8.97. The molecule has 0 aliphatic carbocycles. The van der Waals surface area contributed by atoms with Gasteiger partial charge in [0.1, 0.15) is 18.2 Å². The van der Waals surface area contributed by atoms with Crippen LogP contribution >= 0.6 is 0 Å². The van der Waals surface area contributed by atoms with Gasteiger partial charge in [-0.2, -0.15) is 0 Å². The Balaban J connectivity index is 1.44. The van der Waals surface area contributed by atoms with E-state index in [0.29, 0.717) is 6.61 Å².